The summed E-state index contributed by atoms with van der Waals surface area (Å²) in [5.74, 6) is -6.93. The summed E-state index contributed by atoms with van der Waals surface area (Å²) < 4.78 is 5.47. The molecule has 1 heterocycles. The number of alkyl carbamates (subject to hydrolysis) is 1. The number of primary amides is 1. The number of phenols is 1. The molecular formula is C44H52N6O10. The Morgan fingerprint density at radius 1 is 0.800 bits per heavy atom. The van der Waals surface area contributed by atoms with Crippen molar-refractivity contribution in [2.75, 3.05) is 6.54 Å². The van der Waals surface area contributed by atoms with Crippen molar-refractivity contribution in [2.24, 2.45) is 11.7 Å². The van der Waals surface area contributed by atoms with Crippen molar-refractivity contribution in [2.45, 2.75) is 83.0 Å². The van der Waals surface area contributed by atoms with E-state index >= 15 is 0 Å². The quantitative estimate of drug-likeness (QED) is 0.0344. The lowest BCUT2D eigenvalue weighted by atomic mass is 9.88. The van der Waals surface area contributed by atoms with Gasteiger partial charge in [-0.2, -0.15) is 0 Å². The van der Waals surface area contributed by atoms with Gasteiger partial charge in [-0.15, -0.1) is 0 Å². The molecule has 0 spiro atoms. The van der Waals surface area contributed by atoms with E-state index in [4.69, 9.17) is 10.5 Å². The van der Waals surface area contributed by atoms with Crippen LogP contribution in [0.5, 0.6) is 5.75 Å². The molecule has 3 aromatic carbocycles. The second-order valence-electron chi connectivity index (χ2n) is 15.2. The van der Waals surface area contributed by atoms with Crippen LogP contribution in [0.3, 0.4) is 0 Å². The maximum atomic E-state index is 14.6. The number of hydrogen-bond donors (Lipinski definition) is 8. The molecule has 4 aromatic rings. The van der Waals surface area contributed by atoms with Crippen molar-refractivity contribution in [1.82, 2.24) is 26.3 Å². The van der Waals surface area contributed by atoms with Crippen LogP contribution in [0.4, 0.5) is 4.79 Å². The smallest absolute Gasteiger partial charge is 0.408 e. The highest BCUT2D eigenvalue weighted by atomic mass is 16.6. The summed E-state index contributed by atoms with van der Waals surface area (Å²) in [7, 11) is 0. The van der Waals surface area contributed by atoms with Gasteiger partial charge in [-0.05, 0) is 74.6 Å². The summed E-state index contributed by atoms with van der Waals surface area (Å²) in [5.41, 5.74) is 7.43. The molecule has 0 fully saturated rings. The fraction of sp³-hybridized carbons (Fsp3) is 0.341. The summed E-state index contributed by atoms with van der Waals surface area (Å²) in [6.45, 7) is 5.11. The number of ether oxygens (including phenoxy) is 1. The van der Waals surface area contributed by atoms with E-state index in [-0.39, 0.29) is 38.0 Å². The number of unbranched alkanes of at least 4 members (excludes halogenated alkanes) is 1. The molecule has 0 radical (unpaired) electrons. The Morgan fingerprint density at radius 3 is 2.13 bits per heavy atom. The zero-order chi connectivity index (χ0) is 43.8. The Hall–Kier alpha value is -6.97. The van der Waals surface area contributed by atoms with Gasteiger partial charge in [-0.1, -0.05) is 67.1 Å². The molecule has 4 atom stereocenters. The molecule has 5 amide bonds. The predicted octanol–water partition coefficient (Wildman–Crippen LogP) is 3.67. The van der Waals surface area contributed by atoms with E-state index in [1.165, 1.54) is 18.2 Å². The van der Waals surface area contributed by atoms with E-state index in [2.05, 4.69) is 26.3 Å². The number of carboxylic acid groups (broad SMARTS) is 1. The van der Waals surface area contributed by atoms with Gasteiger partial charge < -0.3 is 46.9 Å². The van der Waals surface area contributed by atoms with Gasteiger partial charge >= 0.3 is 12.1 Å². The monoisotopic (exact) mass is 824 g/mol. The maximum absolute atomic E-state index is 14.6. The third-order valence-corrected chi connectivity index (χ3v) is 9.29. The molecule has 318 valence electrons. The molecule has 60 heavy (non-hydrogen) atoms. The summed E-state index contributed by atoms with van der Waals surface area (Å²) in [5, 5.41) is 30.2. The second-order valence-corrected chi connectivity index (χ2v) is 15.2. The van der Waals surface area contributed by atoms with Gasteiger partial charge in [0.1, 0.15) is 23.4 Å². The standard InChI is InChI=1S/C44H52N6O10/c1-44(2,3)60-43(59)50-34(24-29-26-47-33-15-8-7-13-31(29)33)39(55)32(14-9-10-22-46-37(52)21-18-27-16-19-30(51)20-17-27)41(57)49-36(25-38(53)54)42(58)48-35(40(45)56)23-28-11-5-4-6-12-28/h4-8,11-13,15-21,26,32,34-36,47,51H,9-10,14,22-25H2,1-3H3,(H2,45,56)(H,46,52)(H,48,58)(H,49,57)(H,50,59)(H,53,54)/b21-18-/t32-,34+,35+,36+/m1/s1. The Labute approximate surface area is 347 Å². The highest BCUT2D eigenvalue weighted by Gasteiger charge is 2.37. The van der Waals surface area contributed by atoms with Crippen LogP contribution in [0.2, 0.25) is 0 Å². The van der Waals surface area contributed by atoms with Crippen LogP contribution in [0.15, 0.2) is 91.1 Å². The molecule has 0 unspecified atom stereocenters. The van der Waals surface area contributed by atoms with Gasteiger partial charge in [0.2, 0.25) is 23.6 Å². The largest absolute Gasteiger partial charge is 0.508 e. The minimum Gasteiger partial charge on any atom is -0.508 e. The number of ketones is 1. The Kier molecular flexibility index (Phi) is 16.5. The molecule has 0 aliphatic carbocycles. The van der Waals surface area contributed by atoms with Crippen LogP contribution in [0.1, 0.15) is 63.1 Å². The van der Waals surface area contributed by atoms with E-state index in [1.54, 1.807) is 75.5 Å². The highest BCUT2D eigenvalue weighted by Crippen LogP contribution is 2.22. The number of benzene rings is 3. The topological polar surface area (TPSA) is 259 Å². The number of amides is 5. The number of aromatic amines is 1. The fourth-order valence-electron chi connectivity index (χ4n) is 6.34. The number of hydrogen-bond acceptors (Lipinski definition) is 9. The van der Waals surface area contributed by atoms with Crippen molar-refractivity contribution in [3.63, 3.8) is 0 Å². The number of phenolic OH excluding ortho intramolecular Hbond substituents is 1. The molecular weight excluding hydrogens is 773 g/mol. The lowest BCUT2D eigenvalue weighted by Crippen LogP contribution is -2.56. The number of aromatic nitrogens is 1. The minimum atomic E-state index is -1.73. The Balaban J connectivity index is 1.57. The van der Waals surface area contributed by atoms with E-state index in [0.717, 1.165) is 10.9 Å². The number of fused-ring (bicyclic) bond motifs is 1. The number of carbonyl (C=O) groups is 7. The summed E-state index contributed by atoms with van der Waals surface area (Å²) >= 11 is 0. The summed E-state index contributed by atoms with van der Waals surface area (Å²) in [6.07, 6.45) is 3.08. The molecule has 0 saturated heterocycles. The number of aliphatic carboxylic acids is 1. The lowest BCUT2D eigenvalue weighted by Gasteiger charge is -2.27. The molecule has 0 bridgehead atoms. The number of H-pyrrole nitrogens is 1. The number of aromatic hydroxyl groups is 1. The number of carbonyl (C=O) groups excluding carboxylic acids is 6. The van der Waals surface area contributed by atoms with Crippen molar-refractivity contribution >= 4 is 58.5 Å². The average molecular weight is 825 g/mol. The van der Waals surface area contributed by atoms with E-state index < -0.39 is 77.5 Å². The zero-order valence-electron chi connectivity index (χ0n) is 33.7. The number of Topliss-reactive ketones (excluding diaryl/α,β-unsaturated/α-hetero) is 1. The van der Waals surface area contributed by atoms with E-state index in [0.29, 0.717) is 23.1 Å². The lowest BCUT2D eigenvalue weighted by molar-refractivity contribution is -0.142. The number of rotatable bonds is 21. The van der Waals surface area contributed by atoms with E-state index in [9.17, 15) is 43.8 Å². The number of nitrogens with one attached hydrogen (secondary N) is 5. The summed E-state index contributed by atoms with van der Waals surface area (Å²) in [4.78, 5) is 95.5. The molecule has 16 heteroatoms. The van der Waals surface area contributed by atoms with Gasteiger partial charge in [0.25, 0.3) is 0 Å². The van der Waals surface area contributed by atoms with E-state index in [1.807, 2.05) is 24.3 Å². The first-order valence-electron chi connectivity index (χ1n) is 19.5. The van der Waals surface area contributed by atoms with Crippen molar-refractivity contribution in [3.8, 4) is 5.75 Å². The zero-order valence-corrected chi connectivity index (χ0v) is 33.7. The molecule has 4 rings (SSSR count). The first-order valence-corrected chi connectivity index (χ1v) is 19.5. The molecule has 0 aliphatic heterocycles. The molecule has 16 nitrogen and oxygen atoms in total. The second kappa shape index (κ2) is 21.7. The van der Waals surface area contributed by atoms with Gasteiger partial charge in [0, 0.05) is 42.6 Å². The van der Waals surface area contributed by atoms with Crippen molar-refractivity contribution in [3.05, 3.63) is 108 Å². The molecule has 9 N–H and O–H groups in total. The fourth-order valence-corrected chi connectivity index (χ4v) is 6.34. The van der Waals surface area contributed by atoms with Gasteiger partial charge in [-0.25, -0.2) is 4.79 Å². The van der Waals surface area contributed by atoms with Crippen LogP contribution in [0, 0.1) is 5.92 Å². The van der Waals surface area contributed by atoms with Crippen LogP contribution >= 0.6 is 0 Å². The predicted molar refractivity (Wildman–Crippen MR) is 223 cm³/mol. The number of carboxylic acids is 1. The molecule has 0 saturated carbocycles. The maximum Gasteiger partial charge on any atom is 0.408 e. The Bertz CT molecular complexity index is 2160. The van der Waals surface area contributed by atoms with Crippen LogP contribution < -0.4 is 27.0 Å². The third kappa shape index (κ3) is 14.8. The number of nitrogens with two attached hydrogens (primary N) is 1. The third-order valence-electron chi connectivity index (χ3n) is 9.29. The SMILES string of the molecule is CC(C)(C)OC(=O)N[C@@H](Cc1c[nH]c2ccccc12)C(=O)[C@@H](CCCCNC(=O)/C=C\c1ccc(O)cc1)C(=O)N[C@@H](CC(=O)O)C(=O)N[C@@H](Cc1ccccc1)C(N)=O. The first-order chi connectivity index (χ1) is 28.5. The molecule has 0 aliphatic rings. The van der Waals surface area contributed by atoms with Crippen molar-refractivity contribution < 1.29 is 48.5 Å². The Morgan fingerprint density at radius 2 is 1.47 bits per heavy atom. The van der Waals surface area contributed by atoms with Crippen LogP contribution in [0.25, 0.3) is 17.0 Å². The summed E-state index contributed by atoms with van der Waals surface area (Å²) in [6, 6.07) is 17.9. The molecule has 1 aromatic heterocycles. The normalized spacial score (nSPS) is 13.4. The highest BCUT2D eigenvalue weighted by molar-refractivity contribution is 6.06. The van der Waals surface area contributed by atoms with Crippen LogP contribution in [-0.2, 0) is 46.3 Å². The van der Waals surface area contributed by atoms with Gasteiger partial charge in [-0.3, -0.25) is 28.8 Å². The number of para-hydroxylation sites is 1. The van der Waals surface area contributed by atoms with Gasteiger partial charge in [0.15, 0.2) is 5.78 Å². The van der Waals surface area contributed by atoms with Crippen LogP contribution in [-0.4, -0.2) is 86.9 Å². The van der Waals surface area contributed by atoms with Crippen molar-refractivity contribution in [1.29, 1.82) is 0 Å². The van der Waals surface area contributed by atoms with Gasteiger partial charge in [0.05, 0.1) is 18.4 Å². The first kappa shape index (κ1) is 45.7. The average Bonchev–Trinajstić information content (AvgIpc) is 3.60. The minimum absolute atomic E-state index is 0.00818.